The molecule has 1 aromatic carbocycles. The van der Waals surface area contributed by atoms with Crippen LogP contribution in [-0.4, -0.2) is 37.3 Å². The molecule has 0 bridgehead atoms. The summed E-state index contributed by atoms with van der Waals surface area (Å²) in [4.78, 5) is 12.0. The summed E-state index contributed by atoms with van der Waals surface area (Å²) in [6.45, 7) is 6.99. The molecule has 6 heteroatoms. The maximum atomic E-state index is 12.3. The number of benzene rings is 1. The third-order valence-electron chi connectivity index (χ3n) is 3.51. The van der Waals surface area contributed by atoms with E-state index in [9.17, 15) is 13.2 Å². The number of carbonyl (C=O) groups is 1. The Balaban J connectivity index is 2.04. The molecule has 0 unspecified atom stereocenters. The van der Waals surface area contributed by atoms with E-state index in [0.717, 1.165) is 12.8 Å². The number of hydrogen-bond acceptors (Lipinski definition) is 3. The van der Waals surface area contributed by atoms with E-state index in [1.807, 2.05) is 20.8 Å². The number of sulfonamides is 1. The summed E-state index contributed by atoms with van der Waals surface area (Å²) in [5, 5.41) is 2.88. The molecule has 22 heavy (non-hydrogen) atoms. The Hall–Kier alpha value is -1.40. The van der Waals surface area contributed by atoms with Gasteiger partial charge in [0.25, 0.3) is 5.91 Å². The summed E-state index contributed by atoms with van der Waals surface area (Å²) < 4.78 is 26.1. The normalized spacial score (nSPS) is 16.7. The monoisotopic (exact) mass is 324 g/mol. The summed E-state index contributed by atoms with van der Waals surface area (Å²) in [6.07, 6.45) is 1.87. The van der Waals surface area contributed by atoms with Crippen molar-refractivity contribution in [3.63, 3.8) is 0 Å². The highest BCUT2D eigenvalue weighted by Gasteiger charge is 2.25. The van der Waals surface area contributed by atoms with Gasteiger partial charge in [-0.05, 0) is 51.3 Å². The molecule has 0 saturated carbocycles. The van der Waals surface area contributed by atoms with Gasteiger partial charge in [-0.25, -0.2) is 12.7 Å². The zero-order chi connectivity index (χ0) is 16.4. The van der Waals surface area contributed by atoms with Gasteiger partial charge >= 0.3 is 0 Å². The maximum absolute atomic E-state index is 12.3. The van der Waals surface area contributed by atoms with Gasteiger partial charge in [-0.2, -0.15) is 0 Å². The topological polar surface area (TPSA) is 66.5 Å². The van der Waals surface area contributed by atoms with Gasteiger partial charge in [-0.1, -0.05) is 12.1 Å². The quantitative estimate of drug-likeness (QED) is 0.923. The molecule has 1 N–H and O–H groups in total. The van der Waals surface area contributed by atoms with Crippen molar-refractivity contribution in [1.82, 2.24) is 9.62 Å². The van der Waals surface area contributed by atoms with Crippen molar-refractivity contribution in [2.24, 2.45) is 0 Å². The fourth-order valence-corrected chi connectivity index (χ4v) is 4.04. The van der Waals surface area contributed by atoms with E-state index in [4.69, 9.17) is 0 Å². The first-order valence-electron chi connectivity index (χ1n) is 7.57. The van der Waals surface area contributed by atoms with E-state index in [1.54, 1.807) is 28.6 Å². The molecule has 1 aliphatic rings. The molecule has 5 nitrogen and oxygen atoms in total. The molecule has 0 radical (unpaired) electrons. The van der Waals surface area contributed by atoms with Gasteiger partial charge in [0.1, 0.15) is 0 Å². The molecule has 0 aliphatic carbocycles. The standard InChI is InChI=1S/C16H24N2O3S/c1-16(2,3)17-15(19)14-8-6-13(7-9-14)12-22(20,21)18-10-4-5-11-18/h6-9H,4-5,10-12H2,1-3H3,(H,17,19). The van der Waals surface area contributed by atoms with E-state index in [2.05, 4.69) is 5.32 Å². The van der Waals surface area contributed by atoms with Crippen LogP contribution in [0.1, 0.15) is 49.5 Å². The fourth-order valence-electron chi connectivity index (χ4n) is 2.43. The van der Waals surface area contributed by atoms with Gasteiger partial charge in [-0.3, -0.25) is 4.79 Å². The van der Waals surface area contributed by atoms with Crippen LogP contribution in [0.2, 0.25) is 0 Å². The Morgan fingerprint density at radius 3 is 2.18 bits per heavy atom. The first kappa shape index (κ1) is 17.0. The van der Waals surface area contributed by atoms with Crippen LogP contribution in [0.3, 0.4) is 0 Å². The van der Waals surface area contributed by atoms with Crippen molar-refractivity contribution in [3.8, 4) is 0 Å². The lowest BCUT2D eigenvalue weighted by Gasteiger charge is -2.20. The predicted molar refractivity (Wildman–Crippen MR) is 87.1 cm³/mol. The van der Waals surface area contributed by atoms with Crippen LogP contribution < -0.4 is 5.32 Å². The fraction of sp³-hybridized carbons (Fsp3) is 0.562. The third kappa shape index (κ3) is 4.55. The minimum atomic E-state index is -3.24. The second kappa shape index (κ2) is 6.38. The van der Waals surface area contributed by atoms with Crippen LogP contribution in [0, 0.1) is 0 Å². The summed E-state index contributed by atoms with van der Waals surface area (Å²) in [5.41, 5.74) is 0.950. The highest BCUT2D eigenvalue weighted by atomic mass is 32.2. The molecule has 1 fully saturated rings. The second-order valence-corrected chi connectivity index (χ2v) is 8.73. The molecule has 1 saturated heterocycles. The number of nitrogens with zero attached hydrogens (tertiary/aromatic N) is 1. The van der Waals surface area contributed by atoms with E-state index >= 15 is 0 Å². The molecule has 2 rings (SSSR count). The van der Waals surface area contributed by atoms with E-state index in [0.29, 0.717) is 24.2 Å². The van der Waals surface area contributed by atoms with Crippen molar-refractivity contribution in [3.05, 3.63) is 35.4 Å². The lowest BCUT2D eigenvalue weighted by atomic mass is 10.1. The van der Waals surface area contributed by atoms with Gasteiger partial charge in [0.15, 0.2) is 0 Å². The minimum absolute atomic E-state index is 0.00578. The first-order chi connectivity index (χ1) is 10.2. The lowest BCUT2D eigenvalue weighted by molar-refractivity contribution is 0.0919. The van der Waals surface area contributed by atoms with Gasteiger partial charge in [0, 0.05) is 24.2 Å². The largest absolute Gasteiger partial charge is 0.347 e. The Bertz CT molecular complexity index is 624. The van der Waals surface area contributed by atoms with Crippen LogP contribution >= 0.6 is 0 Å². The molecule has 0 spiro atoms. The minimum Gasteiger partial charge on any atom is -0.347 e. The molecule has 122 valence electrons. The summed E-state index contributed by atoms with van der Waals surface area (Å²) in [5.74, 6) is -0.157. The van der Waals surface area contributed by atoms with Gasteiger partial charge in [0.2, 0.25) is 10.0 Å². The van der Waals surface area contributed by atoms with E-state index in [1.165, 1.54) is 0 Å². The van der Waals surface area contributed by atoms with Crippen LogP contribution in [-0.2, 0) is 15.8 Å². The van der Waals surface area contributed by atoms with Crippen molar-refractivity contribution >= 4 is 15.9 Å². The molecule has 1 aliphatic heterocycles. The van der Waals surface area contributed by atoms with Gasteiger partial charge < -0.3 is 5.32 Å². The molecular formula is C16H24N2O3S. The molecule has 0 atom stereocenters. The number of amides is 1. The summed E-state index contributed by atoms with van der Waals surface area (Å²) in [6, 6.07) is 6.78. The maximum Gasteiger partial charge on any atom is 0.251 e. The van der Waals surface area contributed by atoms with Gasteiger partial charge in [0.05, 0.1) is 5.75 Å². The van der Waals surface area contributed by atoms with E-state index in [-0.39, 0.29) is 17.2 Å². The van der Waals surface area contributed by atoms with Crippen LogP contribution in [0.5, 0.6) is 0 Å². The Labute approximate surface area is 132 Å². The summed E-state index contributed by atoms with van der Waals surface area (Å²) in [7, 11) is -3.24. The second-order valence-electron chi connectivity index (χ2n) is 6.76. The smallest absolute Gasteiger partial charge is 0.251 e. The van der Waals surface area contributed by atoms with Crippen molar-refractivity contribution in [2.45, 2.75) is 44.9 Å². The summed E-state index contributed by atoms with van der Waals surface area (Å²) >= 11 is 0. The van der Waals surface area contributed by atoms with Crippen molar-refractivity contribution in [1.29, 1.82) is 0 Å². The molecule has 1 heterocycles. The molecule has 0 aromatic heterocycles. The molecule has 1 aromatic rings. The Kier molecular flexibility index (Phi) is 4.92. The van der Waals surface area contributed by atoms with Crippen LogP contribution in [0.25, 0.3) is 0 Å². The lowest BCUT2D eigenvalue weighted by Crippen LogP contribution is -2.40. The van der Waals surface area contributed by atoms with Crippen LogP contribution in [0.4, 0.5) is 0 Å². The Morgan fingerprint density at radius 2 is 1.68 bits per heavy atom. The van der Waals surface area contributed by atoms with Crippen LogP contribution in [0.15, 0.2) is 24.3 Å². The third-order valence-corrected chi connectivity index (χ3v) is 5.36. The number of nitrogens with one attached hydrogen (secondary N) is 1. The predicted octanol–water partition coefficient (Wildman–Crippen LogP) is 2.14. The number of hydrogen-bond donors (Lipinski definition) is 1. The molecular weight excluding hydrogens is 300 g/mol. The zero-order valence-corrected chi connectivity index (χ0v) is 14.2. The highest BCUT2D eigenvalue weighted by Crippen LogP contribution is 2.17. The van der Waals surface area contributed by atoms with Gasteiger partial charge in [-0.15, -0.1) is 0 Å². The first-order valence-corrected chi connectivity index (χ1v) is 9.18. The Morgan fingerprint density at radius 1 is 1.14 bits per heavy atom. The average molecular weight is 324 g/mol. The number of rotatable bonds is 4. The van der Waals surface area contributed by atoms with Crippen molar-refractivity contribution in [2.75, 3.05) is 13.1 Å². The molecule has 1 amide bonds. The zero-order valence-electron chi connectivity index (χ0n) is 13.4. The SMILES string of the molecule is CC(C)(C)NC(=O)c1ccc(CS(=O)(=O)N2CCCC2)cc1. The van der Waals surface area contributed by atoms with E-state index < -0.39 is 10.0 Å². The van der Waals surface area contributed by atoms with Crippen molar-refractivity contribution < 1.29 is 13.2 Å². The highest BCUT2D eigenvalue weighted by molar-refractivity contribution is 7.88. The average Bonchev–Trinajstić information content (AvgIpc) is 2.91. The number of carbonyl (C=O) groups excluding carboxylic acids is 1.